The Labute approximate surface area is 174 Å². The van der Waals surface area contributed by atoms with Crippen molar-refractivity contribution >= 4 is 11.8 Å². The van der Waals surface area contributed by atoms with Crippen LogP contribution in [0.4, 0.5) is 0 Å². The molecule has 2 heterocycles. The molecular weight excluding hydrogens is 368 g/mol. The number of likely N-dealkylation sites (tertiary alicyclic amines) is 2. The molecule has 1 aromatic carbocycles. The molecule has 0 atom stereocenters. The third-order valence-electron chi connectivity index (χ3n) is 5.69. The van der Waals surface area contributed by atoms with Gasteiger partial charge in [0.15, 0.2) is 18.1 Å². The smallest absolute Gasteiger partial charge is 0.260 e. The number of carbonyl (C=O) groups excluding carboxylic acids is 2. The van der Waals surface area contributed by atoms with E-state index in [2.05, 4.69) is 0 Å². The summed E-state index contributed by atoms with van der Waals surface area (Å²) in [6, 6.07) is 5.29. The van der Waals surface area contributed by atoms with Crippen LogP contribution in [0, 0.1) is 0 Å². The molecule has 29 heavy (non-hydrogen) atoms. The normalized spacial score (nSPS) is 18.0. The molecule has 0 N–H and O–H groups in total. The predicted molar refractivity (Wildman–Crippen MR) is 113 cm³/mol. The first kappa shape index (κ1) is 21.5. The van der Waals surface area contributed by atoms with Crippen molar-refractivity contribution in [3.63, 3.8) is 0 Å². The Morgan fingerprint density at radius 3 is 2.03 bits per heavy atom. The van der Waals surface area contributed by atoms with Crippen LogP contribution in [0.5, 0.6) is 11.5 Å². The highest BCUT2D eigenvalue weighted by Crippen LogP contribution is 2.29. The number of rotatable bonds is 6. The first-order valence-corrected chi connectivity index (χ1v) is 11.2. The van der Waals surface area contributed by atoms with Crippen molar-refractivity contribution in [3.8, 4) is 11.5 Å². The Hall–Kier alpha value is -2.24. The van der Waals surface area contributed by atoms with Crippen molar-refractivity contribution in [2.24, 2.45) is 0 Å². The highest BCUT2D eigenvalue weighted by atomic mass is 16.5. The third-order valence-corrected chi connectivity index (χ3v) is 5.69. The maximum atomic E-state index is 13.0. The van der Waals surface area contributed by atoms with Gasteiger partial charge in [-0.2, -0.15) is 0 Å². The second kappa shape index (κ2) is 11.1. The summed E-state index contributed by atoms with van der Waals surface area (Å²) in [5.74, 6) is 1.09. The lowest BCUT2D eigenvalue weighted by Crippen LogP contribution is -2.38. The van der Waals surface area contributed by atoms with E-state index < -0.39 is 0 Å². The lowest BCUT2D eigenvalue weighted by molar-refractivity contribution is -0.134. The van der Waals surface area contributed by atoms with E-state index in [4.69, 9.17) is 9.47 Å². The summed E-state index contributed by atoms with van der Waals surface area (Å²) in [7, 11) is 0. The molecule has 0 saturated carbocycles. The van der Waals surface area contributed by atoms with Gasteiger partial charge in [0.05, 0.1) is 6.61 Å². The number of piperidine rings is 1. The van der Waals surface area contributed by atoms with Crippen molar-refractivity contribution in [1.82, 2.24) is 9.80 Å². The summed E-state index contributed by atoms with van der Waals surface area (Å²) in [6.45, 7) is 5.61. The molecule has 3 rings (SSSR count). The number of ether oxygens (including phenoxy) is 2. The van der Waals surface area contributed by atoms with Gasteiger partial charge in [0.25, 0.3) is 11.8 Å². The van der Waals surface area contributed by atoms with Gasteiger partial charge in [-0.3, -0.25) is 9.59 Å². The Morgan fingerprint density at radius 2 is 1.38 bits per heavy atom. The standard InChI is InChI=1S/C23H34N2O4/c1-2-28-21-17-19(23(27)25-15-7-4-3-5-8-16-25)11-12-20(21)29-18-22(26)24-13-9-6-10-14-24/h11-12,17H,2-10,13-16,18H2,1H3. The molecule has 2 aliphatic rings. The summed E-state index contributed by atoms with van der Waals surface area (Å²) >= 11 is 0. The number of benzene rings is 1. The van der Waals surface area contributed by atoms with Gasteiger partial charge in [-0.05, 0) is 57.2 Å². The summed E-state index contributed by atoms with van der Waals surface area (Å²) in [6.07, 6.45) is 9.06. The molecule has 0 bridgehead atoms. The Kier molecular flexibility index (Phi) is 8.20. The van der Waals surface area contributed by atoms with E-state index >= 15 is 0 Å². The van der Waals surface area contributed by atoms with Crippen LogP contribution in [0.1, 0.15) is 68.6 Å². The van der Waals surface area contributed by atoms with Crippen molar-refractivity contribution < 1.29 is 19.1 Å². The highest BCUT2D eigenvalue weighted by molar-refractivity contribution is 5.95. The molecule has 2 saturated heterocycles. The van der Waals surface area contributed by atoms with E-state index in [1.807, 2.05) is 16.7 Å². The van der Waals surface area contributed by atoms with Crippen LogP contribution in [-0.4, -0.2) is 61.0 Å². The Bertz CT molecular complexity index is 677. The van der Waals surface area contributed by atoms with Crippen molar-refractivity contribution in [3.05, 3.63) is 23.8 Å². The number of hydrogen-bond donors (Lipinski definition) is 0. The fourth-order valence-corrected chi connectivity index (χ4v) is 4.04. The highest BCUT2D eigenvalue weighted by Gasteiger charge is 2.20. The summed E-state index contributed by atoms with van der Waals surface area (Å²) < 4.78 is 11.5. The molecule has 0 spiro atoms. The van der Waals surface area contributed by atoms with Crippen LogP contribution in [0.25, 0.3) is 0 Å². The van der Waals surface area contributed by atoms with Crippen molar-refractivity contribution in [1.29, 1.82) is 0 Å². The number of amides is 2. The molecule has 6 heteroatoms. The van der Waals surface area contributed by atoms with Gasteiger partial charge in [0, 0.05) is 31.7 Å². The van der Waals surface area contributed by atoms with Crippen molar-refractivity contribution in [2.45, 2.75) is 58.3 Å². The van der Waals surface area contributed by atoms with Crippen LogP contribution in [0.3, 0.4) is 0 Å². The predicted octanol–water partition coefficient (Wildman–Crippen LogP) is 3.88. The van der Waals surface area contributed by atoms with Gasteiger partial charge in [0.1, 0.15) is 0 Å². The van der Waals surface area contributed by atoms with Gasteiger partial charge < -0.3 is 19.3 Å². The zero-order valence-corrected chi connectivity index (χ0v) is 17.7. The first-order chi connectivity index (χ1) is 14.2. The zero-order chi connectivity index (χ0) is 20.5. The molecule has 160 valence electrons. The maximum Gasteiger partial charge on any atom is 0.260 e. The topological polar surface area (TPSA) is 59.1 Å². The zero-order valence-electron chi connectivity index (χ0n) is 17.7. The van der Waals surface area contributed by atoms with Crippen LogP contribution in [0.15, 0.2) is 18.2 Å². The van der Waals surface area contributed by atoms with Crippen LogP contribution in [-0.2, 0) is 4.79 Å². The fraction of sp³-hybridized carbons (Fsp3) is 0.652. The average Bonchev–Trinajstić information content (AvgIpc) is 2.73. The molecule has 0 aliphatic carbocycles. The summed E-state index contributed by atoms with van der Waals surface area (Å²) in [5, 5.41) is 0. The molecule has 2 amide bonds. The van der Waals surface area contributed by atoms with Crippen LogP contribution < -0.4 is 9.47 Å². The van der Waals surface area contributed by atoms with Gasteiger partial charge in [-0.1, -0.05) is 19.3 Å². The van der Waals surface area contributed by atoms with Gasteiger partial charge in [-0.15, -0.1) is 0 Å². The van der Waals surface area contributed by atoms with Crippen LogP contribution >= 0.6 is 0 Å². The molecule has 2 aliphatic heterocycles. The molecule has 0 aromatic heterocycles. The summed E-state index contributed by atoms with van der Waals surface area (Å²) in [5.41, 5.74) is 0.615. The summed E-state index contributed by atoms with van der Waals surface area (Å²) in [4.78, 5) is 29.2. The second-order valence-electron chi connectivity index (χ2n) is 7.88. The largest absolute Gasteiger partial charge is 0.490 e. The quantitative estimate of drug-likeness (QED) is 0.724. The third kappa shape index (κ3) is 6.12. The van der Waals surface area contributed by atoms with Crippen molar-refractivity contribution in [2.75, 3.05) is 39.4 Å². The minimum Gasteiger partial charge on any atom is -0.490 e. The number of carbonyl (C=O) groups is 2. The van der Waals surface area contributed by atoms with E-state index in [1.54, 1.807) is 18.2 Å². The number of nitrogens with zero attached hydrogens (tertiary/aromatic N) is 2. The van der Waals surface area contributed by atoms with E-state index in [1.165, 1.54) is 25.7 Å². The Morgan fingerprint density at radius 1 is 0.793 bits per heavy atom. The minimum absolute atomic E-state index is 0.000504. The molecule has 0 unspecified atom stereocenters. The molecule has 0 radical (unpaired) electrons. The molecule has 6 nitrogen and oxygen atoms in total. The van der Waals surface area contributed by atoms with Crippen LogP contribution in [0.2, 0.25) is 0 Å². The average molecular weight is 403 g/mol. The fourth-order valence-electron chi connectivity index (χ4n) is 4.04. The molecular formula is C23H34N2O4. The lowest BCUT2D eigenvalue weighted by atomic mass is 10.1. The minimum atomic E-state index is -0.000504. The van der Waals surface area contributed by atoms with E-state index in [9.17, 15) is 9.59 Å². The maximum absolute atomic E-state index is 13.0. The van der Waals surface area contributed by atoms with E-state index in [0.29, 0.717) is 23.7 Å². The Balaban J connectivity index is 1.65. The second-order valence-corrected chi connectivity index (χ2v) is 7.88. The first-order valence-electron chi connectivity index (χ1n) is 11.2. The van der Waals surface area contributed by atoms with E-state index in [-0.39, 0.29) is 18.4 Å². The monoisotopic (exact) mass is 402 g/mol. The molecule has 1 aromatic rings. The van der Waals surface area contributed by atoms with Gasteiger partial charge in [0.2, 0.25) is 0 Å². The van der Waals surface area contributed by atoms with E-state index in [0.717, 1.165) is 51.9 Å². The van der Waals surface area contributed by atoms with Gasteiger partial charge >= 0.3 is 0 Å². The lowest BCUT2D eigenvalue weighted by Gasteiger charge is -2.27. The molecule has 2 fully saturated rings. The SMILES string of the molecule is CCOc1cc(C(=O)N2CCCCCCC2)ccc1OCC(=O)N1CCCCC1. The number of hydrogen-bond acceptors (Lipinski definition) is 4. The van der Waals surface area contributed by atoms with Gasteiger partial charge in [-0.25, -0.2) is 0 Å².